The van der Waals surface area contributed by atoms with Crippen molar-refractivity contribution in [1.82, 2.24) is 5.16 Å². The van der Waals surface area contributed by atoms with Gasteiger partial charge < -0.3 is 19.3 Å². The van der Waals surface area contributed by atoms with Gasteiger partial charge in [-0.2, -0.15) is 0 Å². The topological polar surface area (TPSA) is 73.6 Å². The van der Waals surface area contributed by atoms with Crippen molar-refractivity contribution < 1.29 is 18.8 Å². The molecule has 0 saturated heterocycles. The van der Waals surface area contributed by atoms with Crippen LogP contribution in [0.15, 0.2) is 47.0 Å². The first kappa shape index (κ1) is 20.2. The molecule has 8 heteroatoms. The van der Waals surface area contributed by atoms with Crippen molar-refractivity contribution in [2.24, 2.45) is 0 Å². The van der Waals surface area contributed by atoms with E-state index in [1.165, 1.54) is 0 Å². The molecular weight excluding hydrogens is 403 g/mol. The molecule has 2 aromatic carbocycles. The summed E-state index contributed by atoms with van der Waals surface area (Å²) >= 11 is 12.5. The number of ether oxygens (including phenoxy) is 2. The Morgan fingerprint density at radius 1 is 1.11 bits per heavy atom. The first-order valence-corrected chi connectivity index (χ1v) is 9.20. The summed E-state index contributed by atoms with van der Waals surface area (Å²) in [6.45, 7) is 2.60. The largest absolute Gasteiger partial charge is 0.491 e. The van der Waals surface area contributed by atoms with Crippen molar-refractivity contribution in [2.75, 3.05) is 25.6 Å². The quantitative estimate of drug-likeness (QED) is 0.529. The highest BCUT2D eigenvalue weighted by molar-refractivity contribution is 6.39. The Kier molecular flexibility index (Phi) is 6.57. The van der Waals surface area contributed by atoms with E-state index in [4.69, 9.17) is 37.2 Å². The van der Waals surface area contributed by atoms with Gasteiger partial charge in [0.25, 0.3) is 5.91 Å². The molecule has 3 aromatic rings. The van der Waals surface area contributed by atoms with Gasteiger partial charge in [0.15, 0.2) is 0 Å². The molecule has 6 nitrogen and oxygen atoms in total. The van der Waals surface area contributed by atoms with E-state index in [2.05, 4.69) is 10.5 Å². The van der Waals surface area contributed by atoms with Crippen molar-refractivity contribution >= 4 is 34.8 Å². The van der Waals surface area contributed by atoms with E-state index in [9.17, 15) is 4.79 Å². The first-order valence-electron chi connectivity index (χ1n) is 8.45. The number of rotatable bonds is 7. The molecule has 0 aliphatic rings. The lowest BCUT2D eigenvalue weighted by molar-refractivity contribution is 0.102. The van der Waals surface area contributed by atoms with Crippen LogP contribution in [0.3, 0.4) is 0 Å². The predicted molar refractivity (Wildman–Crippen MR) is 108 cm³/mol. The summed E-state index contributed by atoms with van der Waals surface area (Å²) in [6.07, 6.45) is 0. The summed E-state index contributed by atoms with van der Waals surface area (Å²) in [7, 11) is 1.61. The van der Waals surface area contributed by atoms with Gasteiger partial charge in [0.05, 0.1) is 16.7 Å². The molecule has 0 radical (unpaired) electrons. The van der Waals surface area contributed by atoms with Gasteiger partial charge in [-0.1, -0.05) is 34.4 Å². The molecule has 0 atom stereocenters. The van der Waals surface area contributed by atoms with E-state index >= 15 is 0 Å². The van der Waals surface area contributed by atoms with Crippen LogP contribution in [0.2, 0.25) is 10.0 Å². The highest BCUT2D eigenvalue weighted by Gasteiger charge is 2.24. The predicted octanol–water partition coefficient (Wildman–Crippen LogP) is 5.23. The van der Waals surface area contributed by atoms with Gasteiger partial charge >= 0.3 is 0 Å². The van der Waals surface area contributed by atoms with Crippen molar-refractivity contribution in [3.8, 4) is 17.0 Å². The zero-order valence-corrected chi connectivity index (χ0v) is 16.8. The number of amides is 1. The van der Waals surface area contributed by atoms with Crippen LogP contribution < -0.4 is 10.1 Å². The molecule has 28 heavy (non-hydrogen) atoms. The monoisotopic (exact) mass is 420 g/mol. The zero-order valence-electron chi connectivity index (χ0n) is 15.3. The molecule has 0 fully saturated rings. The summed E-state index contributed by atoms with van der Waals surface area (Å²) in [4.78, 5) is 12.9. The minimum absolute atomic E-state index is 0.274. The Hall–Kier alpha value is -2.54. The molecule has 1 N–H and O–H groups in total. The Morgan fingerprint density at radius 3 is 2.43 bits per heavy atom. The van der Waals surface area contributed by atoms with Crippen LogP contribution >= 0.6 is 23.2 Å². The second-order valence-electron chi connectivity index (χ2n) is 5.88. The van der Waals surface area contributed by atoms with E-state index < -0.39 is 0 Å². The lowest BCUT2D eigenvalue weighted by Gasteiger charge is -2.09. The van der Waals surface area contributed by atoms with E-state index in [0.717, 1.165) is 0 Å². The number of hydrogen-bond acceptors (Lipinski definition) is 5. The van der Waals surface area contributed by atoms with Crippen LogP contribution in [0, 0.1) is 6.92 Å². The fraction of sp³-hybridized carbons (Fsp3) is 0.200. The summed E-state index contributed by atoms with van der Waals surface area (Å²) in [5, 5.41) is 7.58. The van der Waals surface area contributed by atoms with Crippen molar-refractivity contribution in [3.05, 3.63) is 63.8 Å². The number of carbonyl (C=O) groups is 1. The SMILES string of the molecule is COCCOc1ccc(NC(=O)c2c(-c3c(Cl)cccc3Cl)noc2C)cc1. The Labute approximate surface area is 172 Å². The van der Waals surface area contributed by atoms with E-state index in [1.54, 1.807) is 56.5 Å². The highest BCUT2D eigenvalue weighted by atomic mass is 35.5. The van der Waals surface area contributed by atoms with Gasteiger partial charge in [-0.05, 0) is 43.3 Å². The average molecular weight is 421 g/mol. The number of carbonyl (C=O) groups excluding carboxylic acids is 1. The molecule has 1 heterocycles. The van der Waals surface area contributed by atoms with Crippen molar-refractivity contribution in [1.29, 1.82) is 0 Å². The van der Waals surface area contributed by atoms with Crippen LogP contribution in [0.4, 0.5) is 5.69 Å². The van der Waals surface area contributed by atoms with Gasteiger partial charge in [-0.15, -0.1) is 0 Å². The fourth-order valence-corrected chi connectivity index (χ4v) is 3.18. The minimum Gasteiger partial charge on any atom is -0.491 e. The molecule has 146 valence electrons. The lowest BCUT2D eigenvalue weighted by Crippen LogP contribution is -2.13. The number of methoxy groups -OCH3 is 1. The standard InChI is InChI=1S/C20H18Cl2N2O4/c1-12-17(19(24-28-12)18-15(21)4-3-5-16(18)22)20(25)23-13-6-8-14(9-7-13)27-11-10-26-2/h3-9H,10-11H2,1-2H3,(H,23,25). The van der Waals surface area contributed by atoms with Gasteiger partial charge in [-0.3, -0.25) is 4.79 Å². The van der Waals surface area contributed by atoms with E-state index in [-0.39, 0.29) is 11.5 Å². The third-order valence-corrected chi connectivity index (χ3v) is 4.59. The molecular formula is C20H18Cl2N2O4. The summed E-state index contributed by atoms with van der Waals surface area (Å²) in [6, 6.07) is 12.1. The third-order valence-electron chi connectivity index (χ3n) is 3.96. The molecule has 1 amide bonds. The summed E-state index contributed by atoms with van der Waals surface area (Å²) < 4.78 is 15.7. The number of nitrogens with one attached hydrogen (secondary N) is 1. The second-order valence-corrected chi connectivity index (χ2v) is 6.69. The smallest absolute Gasteiger partial charge is 0.261 e. The van der Waals surface area contributed by atoms with Gasteiger partial charge in [0.2, 0.25) is 0 Å². The molecule has 0 saturated carbocycles. The normalized spacial score (nSPS) is 10.7. The van der Waals surface area contributed by atoms with Crippen molar-refractivity contribution in [2.45, 2.75) is 6.92 Å². The van der Waals surface area contributed by atoms with E-state index in [0.29, 0.717) is 51.7 Å². The maximum absolute atomic E-state index is 12.9. The maximum atomic E-state index is 12.9. The number of anilines is 1. The Balaban J connectivity index is 1.81. The van der Waals surface area contributed by atoms with Gasteiger partial charge in [-0.25, -0.2) is 0 Å². The van der Waals surface area contributed by atoms with Gasteiger partial charge in [0, 0.05) is 18.4 Å². The summed E-state index contributed by atoms with van der Waals surface area (Å²) in [5.41, 5.74) is 1.62. The number of hydrogen-bond donors (Lipinski definition) is 1. The fourth-order valence-electron chi connectivity index (χ4n) is 2.61. The molecule has 3 rings (SSSR count). The molecule has 0 spiro atoms. The van der Waals surface area contributed by atoms with Crippen LogP contribution in [0.5, 0.6) is 5.75 Å². The highest BCUT2D eigenvalue weighted by Crippen LogP contribution is 2.37. The van der Waals surface area contributed by atoms with Crippen LogP contribution in [-0.4, -0.2) is 31.4 Å². The number of aromatic nitrogens is 1. The number of halogens is 2. The Morgan fingerprint density at radius 2 is 1.79 bits per heavy atom. The van der Waals surface area contributed by atoms with Gasteiger partial charge in [0.1, 0.15) is 29.4 Å². The maximum Gasteiger partial charge on any atom is 0.261 e. The number of aryl methyl sites for hydroxylation is 1. The Bertz CT molecular complexity index is 951. The second kappa shape index (κ2) is 9.10. The average Bonchev–Trinajstić information content (AvgIpc) is 3.04. The van der Waals surface area contributed by atoms with Crippen LogP contribution in [-0.2, 0) is 4.74 Å². The molecule has 0 aliphatic carbocycles. The third kappa shape index (κ3) is 4.47. The number of benzene rings is 2. The molecule has 0 bridgehead atoms. The molecule has 1 aromatic heterocycles. The minimum atomic E-state index is -0.377. The summed E-state index contributed by atoms with van der Waals surface area (Å²) in [5.74, 6) is 0.667. The zero-order chi connectivity index (χ0) is 20.1. The van der Waals surface area contributed by atoms with Crippen molar-refractivity contribution in [3.63, 3.8) is 0 Å². The molecule has 0 aliphatic heterocycles. The molecule has 0 unspecified atom stereocenters. The van der Waals surface area contributed by atoms with Crippen LogP contribution in [0.1, 0.15) is 16.1 Å². The lowest BCUT2D eigenvalue weighted by atomic mass is 10.1. The van der Waals surface area contributed by atoms with E-state index in [1.807, 2.05) is 0 Å². The number of nitrogens with zero attached hydrogens (tertiary/aromatic N) is 1. The van der Waals surface area contributed by atoms with Crippen LogP contribution in [0.25, 0.3) is 11.3 Å². The first-order chi connectivity index (χ1) is 13.5.